The van der Waals surface area contributed by atoms with Gasteiger partial charge in [0.2, 0.25) is 5.78 Å². The number of aliphatic hydroxyl groups excluding tert-OH is 3. The van der Waals surface area contributed by atoms with E-state index in [0.29, 0.717) is 16.7 Å². The molecule has 202 valence electrons. The molecule has 0 bridgehead atoms. The van der Waals surface area contributed by atoms with E-state index >= 15 is 0 Å². The number of likely N-dealkylation sites (N-methyl/N-ethyl adjacent to an activating group) is 1. The van der Waals surface area contributed by atoms with Gasteiger partial charge in [0.15, 0.2) is 11.4 Å². The Morgan fingerprint density at radius 1 is 1.05 bits per heavy atom. The number of phenolic OH excluding ortho intramolecular Hbond substituents is 1. The molecule has 0 aliphatic heterocycles. The average molecular weight is 533 g/mol. The fraction of sp³-hybridized carbons (Fsp3) is 0.276. The van der Waals surface area contributed by atoms with Crippen LogP contribution in [0.1, 0.15) is 27.0 Å². The summed E-state index contributed by atoms with van der Waals surface area (Å²) in [4.78, 5) is 40.8. The summed E-state index contributed by atoms with van der Waals surface area (Å²) in [7, 11) is 2.97. The highest BCUT2D eigenvalue weighted by atomic mass is 16.4. The smallest absolute Gasteiger partial charge is 0.255 e. The quantitative estimate of drug-likeness (QED) is 0.318. The highest BCUT2D eigenvalue weighted by Crippen LogP contribution is 2.55. The van der Waals surface area contributed by atoms with Crippen LogP contribution in [0, 0.1) is 18.8 Å². The SMILES string of the molecule is Cc1ccc(/C=C2\c3cccc(O)c3C(=O)C3=C(O)[C@]4(O)C(=O)C(C(N)=O)=C(O)[C@@H](N(C)C)[C@@H]4[C@@H](O)[C@@H]32)cc1. The fourth-order valence-electron chi connectivity index (χ4n) is 6.16. The average Bonchev–Trinajstić information content (AvgIpc) is 2.86. The van der Waals surface area contributed by atoms with Gasteiger partial charge in [0, 0.05) is 5.92 Å². The van der Waals surface area contributed by atoms with Crippen LogP contribution in [0.25, 0.3) is 11.6 Å². The molecule has 10 heteroatoms. The molecule has 0 radical (unpaired) electrons. The number of hydrogen-bond donors (Lipinski definition) is 6. The number of hydrogen-bond acceptors (Lipinski definition) is 9. The molecule has 0 aromatic heterocycles. The van der Waals surface area contributed by atoms with Gasteiger partial charge in [-0.15, -0.1) is 0 Å². The number of aromatic hydroxyl groups is 1. The summed E-state index contributed by atoms with van der Waals surface area (Å²) in [6, 6.07) is 10.4. The maximum Gasteiger partial charge on any atom is 0.255 e. The lowest BCUT2D eigenvalue weighted by Gasteiger charge is -2.52. The molecule has 0 spiro atoms. The van der Waals surface area contributed by atoms with Crippen molar-refractivity contribution in [3.63, 3.8) is 0 Å². The second kappa shape index (κ2) is 8.91. The number of phenols is 1. The standard InChI is InChI=1S/C29H28N2O8/c1-12-7-9-13(10-8-12)11-15-14-5-4-6-16(32)17(14)23(33)19-18(15)24(34)21-22(31(2)3)25(35)20(28(30)38)27(37)29(21,39)26(19)36/h4-11,18,21-22,24,32,34-36,39H,1-3H3,(H2,30,38)/b15-11+/t18-,21-,22+,24+,29+/m1/s1. The predicted molar refractivity (Wildman–Crippen MR) is 140 cm³/mol. The summed E-state index contributed by atoms with van der Waals surface area (Å²) in [5.74, 6) is -8.77. The van der Waals surface area contributed by atoms with E-state index < -0.39 is 75.5 Å². The number of ketones is 2. The zero-order valence-electron chi connectivity index (χ0n) is 21.4. The molecule has 7 N–H and O–H groups in total. The maximum atomic E-state index is 13.8. The lowest BCUT2D eigenvalue weighted by Crippen LogP contribution is -2.68. The first-order valence-corrected chi connectivity index (χ1v) is 12.3. The van der Waals surface area contributed by atoms with E-state index in [1.54, 1.807) is 12.1 Å². The number of amides is 1. The minimum atomic E-state index is -2.97. The van der Waals surface area contributed by atoms with Crippen LogP contribution in [-0.4, -0.2) is 79.7 Å². The van der Waals surface area contributed by atoms with Crippen molar-refractivity contribution in [1.82, 2.24) is 4.90 Å². The van der Waals surface area contributed by atoms with Gasteiger partial charge in [0.25, 0.3) is 5.91 Å². The van der Waals surface area contributed by atoms with Gasteiger partial charge in [-0.05, 0) is 43.8 Å². The van der Waals surface area contributed by atoms with E-state index in [2.05, 4.69) is 0 Å². The molecule has 39 heavy (non-hydrogen) atoms. The normalized spacial score (nSPS) is 29.4. The third-order valence-corrected chi connectivity index (χ3v) is 7.93. The molecule has 0 saturated carbocycles. The number of nitrogens with two attached hydrogens (primary N) is 1. The maximum absolute atomic E-state index is 13.8. The van der Waals surface area contributed by atoms with Crippen LogP contribution in [0.4, 0.5) is 0 Å². The Morgan fingerprint density at radius 2 is 1.69 bits per heavy atom. The van der Waals surface area contributed by atoms with Crippen molar-refractivity contribution in [2.45, 2.75) is 24.7 Å². The van der Waals surface area contributed by atoms with Gasteiger partial charge in [0.1, 0.15) is 22.8 Å². The van der Waals surface area contributed by atoms with Crippen LogP contribution in [0.5, 0.6) is 5.75 Å². The predicted octanol–water partition coefficient (Wildman–Crippen LogP) is 1.40. The van der Waals surface area contributed by atoms with Crippen molar-refractivity contribution >= 4 is 29.1 Å². The Balaban J connectivity index is 1.86. The molecule has 0 heterocycles. The Morgan fingerprint density at radius 3 is 2.28 bits per heavy atom. The Labute approximate surface area is 223 Å². The molecule has 1 amide bonds. The lowest BCUT2D eigenvalue weighted by molar-refractivity contribution is -0.159. The third kappa shape index (κ3) is 3.56. The van der Waals surface area contributed by atoms with Gasteiger partial charge in [-0.1, -0.05) is 48.0 Å². The summed E-state index contributed by atoms with van der Waals surface area (Å²) in [5, 5.41) is 56.8. The number of nitrogens with zero attached hydrogens (tertiary/aromatic N) is 1. The van der Waals surface area contributed by atoms with Crippen LogP contribution >= 0.6 is 0 Å². The number of carbonyl (C=O) groups excluding carboxylic acids is 3. The van der Waals surface area contributed by atoms with E-state index in [1.807, 2.05) is 31.2 Å². The van der Waals surface area contributed by atoms with Gasteiger partial charge in [-0.2, -0.15) is 0 Å². The minimum Gasteiger partial charge on any atom is -0.510 e. The molecule has 3 aliphatic rings. The zero-order chi connectivity index (χ0) is 28.5. The van der Waals surface area contributed by atoms with E-state index in [1.165, 1.54) is 31.1 Å². The first-order valence-electron chi connectivity index (χ1n) is 12.3. The van der Waals surface area contributed by atoms with Crippen LogP contribution < -0.4 is 5.73 Å². The molecule has 2 aromatic carbocycles. The Hall–Kier alpha value is -4.25. The largest absolute Gasteiger partial charge is 0.510 e. The first-order chi connectivity index (χ1) is 18.3. The molecule has 2 aromatic rings. The summed E-state index contributed by atoms with van der Waals surface area (Å²) in [6.45, 7) is 1.91. The summed E-state index contributed by atoms with van der Waals surface area (Å²) in [6.07, 6.45) is -0.0276. The van der Waals surface area contributed by atoms with Gasteiger partial charge in [-0.3, -0.25) is 19.3 Å². The van der Waals surface area contributed by atoms with E-state index in [4.69, 9.17) is 5.73 Å². The summed E-state index contributed by atoms with van der Waals surface area (Å²) < 4.78 is 0. The molecule has 5 atom stereocenters. The second-order valence-electron chi connectivity index (χ2n) is 10.4. The molecule has 0 fully saturated rings. The number of rotatable bonds is 3. The van der Waals surface area contributed by atoms with Gasteiger partial charge in [0.05, 0.1) is 29.2 Å². The highest BCUT2D eigenvalue weighted by Gasteiger charge is 2.67. The van der Waals surface area contributed by atoms with Crippen molar-refractivity contribution in [3.05, 3.63) is 87.4 Å². The molecule has 0 unspecified atom stereocenters. The van der Waals surface area contributed by atoms with E-state index in [9.17, 15) is 39.9 Å². The summed E-state index contributed by atoms with van der Waals surface area (Å²) >= 11 is 0. The Kier molecular flexibility index (Phi) is 6.02. The molecular weight excluding hydrogens is 504 g/mol. The number of Topliss-reactive ketones (excluding diaryl/α,β-unsaturated/α-hetero) is 2. The highest BCUT2D eigenvalue weighted by molar-refractivity contribution is 6.25. The van der Waals surface area contributed by atoms with Crippen LogP contribution in [0.3, 0.4) is 0 Å². The second-order valence-corrected chi connectivity index (χ2v) is 10.4. The lowest BCUT2D eigenvalue weighted by atomic mass is 9.56. The number of aliphatic hydroxyl groups is 4. The first kappa shape index (κ1) is 26.4. The fourth-order valence-corrected chi connectivity index (χ4v) is 6.16. The van der Waals surface area contributed by atoms with Crippen LogP contribution in [0.15, 0.2) is 65.1 Å². The van der Waals surface area contributed by atoms with Crippen molar-refractivity contribution in [3.8, 4) is 5.75 Å². The van der Waals surface area contributed by atoms with Crippen molar-refractivity contribution in [2.75, 3.05) is 14.1 Å². The molecule has 10 nitrogen and oxygen atoms in total. The summed E-state index contributed by atoms with van der Waals surface area (Å²) in [5.41, 5.74) is 3.10. The number of benzene rings is 2. The van der Waals surface area contributed by atoms with Crippen molar-refractivity contribution in [1.29, 1.82) is 0 Å². The van der Waals surface area contributed by atoms with Gasteiger partial charge in [-0.25, -0.2) is 0 Å². The minimum absolute atomic E-state index is 0.177. The van der Waals surface area contributed by atoms with Crippen LogP contribution in [0.2, 0.25) is 0 Å². The van der Waals surface area contributed by atoms with Crippen molar-refractivity contribution < 1.29 is 39.9 Å². The monoisotopic (exact) mass is 532 g/mol. The topological polar surface area (TPSA) is 182 Å². The third-order valence-electron chi connectivity index (χ3n) is 7.93. The molecular formula is C29H28N2O8. The van der Waals surface area contributed by atoms with E-state index in [0.717, 1.165) is 5.56 Å². The molecule has 5 rings (SSSR count). The van der Waals surface area contributed by atoms with Gasteiger partial charge >= 0.3 is 0 Å². The molecule has 0 saturated heterocycles. The zero-order valence-corrected chi connectivity index (χ0v) is 21.4. The number of fused-ring (bicyclic) bond motifs is 3. The number of carbonyl (C=O) groups is 3. The Bertz CT molecular complexity index is 1530. The van der Waals surface area contributed by atoms with Crippen LogP contribution in [-0.2, 0) is 9.59 Å². The number of primary amides is 1. The number of aryl methyl sites for hydroxylation is 1. The van der Waals surface area contributed by atoms with E-state index in [-0.39, 0.29) is 5.56 Å². The van der Waals surface area contributed by atoms with Crippen molar-refractivity contribution in [2.24, 2.45) is 17.6 Å². The van der Waals surface area contributed by atoms with Gasteiger partial charge < -0.3 is 31.3 Å². The molecule has 3 aliphatic carbocycles.